The number of hydrogen-bond donors (Lipinski definition) is 3. The first-order valence-corrected chi connectivity index (χ1v) is 8.48. The molecule has 4 N–H and O–H groups in total. The number of aromatic nitrogens is 4. The highest BCUT2D eigenvalue weighted by atomic mass is 16.2. The summed E-state index contributed by atoms with van der Waals surface area (Å²) in [6.45, 7) is 3.68. The first kappa shape index (κ1) is 16.8. The predicted octanol–water partition coefficient (Wildman–Crippen LogP) is 1.95. The Bertz CT molecular complexity index is 1240. The number of nitrogens with zero attached hydrogens (tertiary/aromatic N) is 3. The third-order valence-corrected chi connectivity index (χ3v) is 4.56. The highest BCUT2D eigenvalue weighted by molar-refractivity contribution is 6.04. The number of nitrogens with two attached hydrogens (primary N) is 1. The average Bonchev–Trinajstić information content (AvgIpc) is 2.97. The van der Waals surface area contributed by atoms with E-state index in [9.17, 15) is 9.59 Å². The summed E-state index contributed by atoms with van der Waals surface area (Å²) in [5.41, 5.74) is 7.81. The monoisotopic (exact) mass is 362 g/mol. The van der Waals surface area contributed by atoms with Crippen molar-refractivity contribution < 1.29 is 4.79 Å². The van der Waals surface area contributed by atoms with Gasteiger partial charge < -0.3 is 16.0 Å². The van der Waals surface area contributed by atoms with Gasteiger partial charge in [0.1, 0.15) is 5.56 Å². The van der Waals surface area contributed by atoms with Crippen molar-refractivity contribution in [1.82, 2.24) is 24.9 Å². The van der Waals surface area contributed by atoms with Crippen LogP contribution in [-0.4, -0.2) is 25.5 Å². The minimum absolute atomic E-state index is 0.0982. The number of aromatic amines is 1. The number of anilines is 1. The third-order valence-electron chi connectivity index (χ3n) is 4.56. The van der Waals surface area contributed by atoms with Crippen LogP contribution in [0.1, 0.15) is 34.6 Å². The summed E-state index contributed by atoms with van der Waals surface area (Å²) in [6.07, 6.45) is 3.24. The molecule has 8 nitrogen and oxygen atoms in total. The largest absolute Gasteiger partial charge is 0.381 e. The number of H-pyrrole nitrogens is 1. The lowest BCUT2D eigenvalue weighted by molar-refractivity contribution is 0.0941. The molecule has 0 aliphatic heterocycles. The number of pyridine rings is 1. The van der Waals surface area contributed by atoms with Gasteiger partial charge in [0, 0.05) is 23.5 Å². The zero-order valence-electron chi connectivity index (χ0n) is 14.9. The van der Waals surface area contributed by atoms with Gasteiger partial charge in [0.05, 0.1) is 6.04 Å². The van der Waals surface area contributed by atoms with Gasteiger partial charge in [-0.2, -0.15) is 0 Å². The van der Waals surface area contributed by atoms with Crippen molar-refractivity contribution in [2.24, 2.45) is 0 Å². The molecule has 27 heavy (non-hydrogen) atoms. The lowest BCUT2D eigenvalue weighted by Crippen LogP contribution is -2.29. The van der Waals surface area contributed by atoms with Crippen molar-refractivity contribution in [1.29, 1.82) is 0 Å². The lowest BCUT2D eigenvalue weighted by Gasteiger charge is -2.15. The maximum atomic E-state index is 12.8. The molecule has 0 aliphatic carbocycles. The fourth-order valence-electron chi connectivity index (χ4n) is 3.22. The Morgan fingerprint density at radius 3 is 2.96 bits per heavy atom. The molecule has 8 heteroatoms. The van der Waals surface area contributed by atoms with Crippen LogP contribution in [0, 0.1) is 6.92 Å². The van der Waals surface area contributed by atoms with Crippen molar-refractivity contribution in [3.8, 4) is 0 Å². The summed E-state index contributed by atoms with van der Waals surface area (Å²) < 4.78 is 1.45. The van der Waals surface area contributed by atoms with Gasteiger partial charge in [-0.15, -0.1) is 5.10 Å². The maximum Gasteiger partial charge on any atom is 0.259 e. The predicted molar refractivity (Wildman–Crippen MR) is 103 cm³/mol. The van der Waals surface area contributed by atoms with E-state index in [1.165, 1.54) is 4.52 Å². The first-order chi connectivity index (χ1) is 13.0. The SMILES string of the molecule is Cc1cccc2cc(C(C)NC(=O)c3c(N)nn4cccnc34)[nH]c(=O)c12. The standard InChI is InChI=1S/C19H18N6O2/c1-10-5-3-6-12-9-13(23-18(26)14(10)12)11(2)22-19(27)15-16(20)24-25-8-4-7-21-17(15)25/h3-9,11H,1-2H3,(H2,20,24)(H,22,27)(H,23,26). The summed E-state index contributed by atoms with van der Waals surface area (Å²) >= 11 is 0. The normalized spacial score (nSPS) is 12.4. The quantitative estimate of drug-likeness (QED) is 0.515. The topological polar surface area (TPSA) is 118 Å². The van der Waals surface area contributed by atoms with Crippen LogP contribution in [0.4, 0.5) is 5.82 Å². The van der Waals surface area contributed by atoms with Crippen molar-refractivity contribution >= 4 is 28.1 Å². The van der Waals surface area contributed by atoms with Gasteiger partial charge >= 0.3 is 0 Å². The van der Waals surface area contributed by atoms with Crippen LogP contribution < -0.4 is 16.6 Å². The number of fused-ring (bicyclic) bond motifs is 2. The zero-order chi connectivity index (χ0) is 19.1. The van der Waals surface area contributed by atoms with E-state index in [-0.39, 0.29) is 16.9 Å². The number of hydrogen-bond acceptors (Lipinski definition) is 5. The van der Waals surface area contributed by atoms with Crippen molar-refractivity contribution in [3.05, 3.63) is 69.9 Å². The number of amides is 1. The van der Waals surface area contributed by atoms with E-state index in [0.29, 0.717) is 16.7 Å². The minimum atomic E-state index is -0.437. The Balaban J connectivity index is 1.69. The van der Waals surface area contributed by atoms with Gasteiger partial charge in [0.15, 0.2) is 11.5 Å². The number of benzene rings is 1. The van der Waals surface area contributed by atoms with Gasteiger partial charge in [0.2, 0.25) is 0 Å². The molecule has 4 aromatic rings. The molecule has 1 atom stereocenters. The minimum Gasteiger partial charge on any atom is -0.381 e. The highest BCUT2D eigenvalue weighted by Crippen LogP contribution is 2.20. The van der Waals surface area contributed by atoms with E-state index in [1.54, 1.807) is 25.4 Å². The Labute approximate surface area is 154 Å². The van der Waals surface area contributed by atoms with E-state index in [2.05, 4.69) is 20.4 Å². The Kier molecular flexibility index (Phi) is 3.88. The van der Waals surface area contributed by atoms with Crippen LogP contribution in [0.3, 0.4) is 0 Å². The van der Waals surface area contributed by atoms with Crippen LogP contribution >= 0.6 is 0 Å². The van der Waals surface area contributed by atoms with Gasteiger partial charge in [-0.3, -0.25) is 9.59 Å². The van der Waals surface area contributed by atoms with E-state index in [1.807, 2.05) is 31.2 Å². The molecule has 1 aromatic carbocycles. The first-order valence-electron chi connectivity index (χ1n) is 8.48. The van der Waals surface area contributed by atoms with Crippen molar-refractivity contribution in [2.45, 2.75) is 19.9 Å². The number of carbonyl (C=O) groups excluding carboxylic acids is 1. The second kappa shape index (κ2) is 6.24. The fourth-order valence-corrected chi connectivity index (χ4v) is 3.22. The summed E-state index contributed by atoms with van der Waals surface area (Å²) in [4.78, 5) is 32.2. The molecule has 3 heterocycles. The molecule has 0 radical (unpaired) electrons. The second-order valence-electron chi connectivity index (χ2n) is 6.44. The Morgan fingerprint density at radius 1 is 1.33 bits per heavy atom. The van der Waals surface area contributed by atoms with Gasteiger partial charge in [-0.05, 0) is 36.9 Å². The molecule has 0 spiro atoms. The molecular formula is C19H18N6O2. The maximum absolute atomic E-state index is 12.8. The van der Waals surface area contributed by atoms with Crippen LogP contribution in [-0.2, 0) is 0 Å². The fraction of sp³-hybridized carbons (Fsp3) is 0.158. The molecule has 136 valence electrons. The number of rotatable bonds is 3. The van der Waals surface area contributed by atoms with Gasteiger partial charge in [0.25, 0.3) is 11.5 Å². The number of nitrogens with one attached hydrogen (secondary N) is 2. The third kappa shape index (κ3) is 2.80. The van der Waals surface area contributed by atoms with Gasteiger partial charge in [-0.25, -0.2) is 9.50 Å². The van der Waals surface area contributed by atoms with E-state index in [4.69, 9.17) is 5.73 Å². The molecule has 0 fully saturated rings. The van der Waals surface area contributed by atoms with E-state index < -0.39 is 11.9 Å². The molecular weight excluding hydrogens is 344 g/mol. The molecule has 0 aliphatic rings. The lowest BCUT2D eigenvalue weighted by atomic mass is 10.1. The molecule has 1 amide bonds. The van der Waals surface area contributed by atoms with E-state index in [0.717, 1.165) is 10.9 Å². The van der Waals surface area contributed by atoms with Gasteiger partial charge in [-0.1, -0.05) is 18.2 Å². The Morgan fingerprint density at radius 2 is 2.15 bits per heavy atom. The molecule has 4 rings (SSSR count). The zero-order valence-corrected chi connectivity index (χ0v) is 14.9. The summed E-state index contributed by atoms with van der Waals surface area (Å²) in [5.74, 6) is -0.306. The number of carbonyl (C=O) groups is 1. The summed E-state index contributed by atoms with van der Waals surface area (Å²) in [5, 5.41) is 8.42. The van der Waals surface area contributed by atoms with Crippen molar-refractivity contribution in [3.63, 3.8) is 0 Å². The average molecular weight is 362 g/mol. The highest BCUT2D eigenvalue weighted by Gasteiger charge is 2.21. The van der Waals surface area contributed by atoms with E-state index >= 15 is 0 Å². The molecule has 0 saturated carbocycles. The van der Waals surface area contributed by atoms with Crippen molar-refractivity contribution in [2.75, 3.05) is 5.73 Å². The van der Waals surface area contributed by atoms with Crippen LogP contribution in [0.15, 0.2) is 47.5 Å². The number of aryl methyl sites for hydroxylation is 1. The molecule has 1 unspecified atom stereocenters. The smallest absolute Gasteiger partial charge is 0.259 e. The molecule has 3 aromatic heterocycles. The molecule has 0 bridgehead atoms. The van der Waals surface area contributed by atoms with Crippen LogP contribution in [0.5, 0.6) is 0 Å². The summed E-state index contributed by atoms with van der Waals surface area (Å²) in [7, 11) is 0. The number of nitrogen functional groups attached to an aromatic ring is 1. The molecule has 0 saturated heterocycles. The van der Waals surface area contributed by atoms with Crippen LogP contribution in [0.2, 0.25) is 0 Å². The Hall–Kier alpha value is -3.68. The second-order valence-corrected chi connectivity index (χ2v) is 6.44. The summed E-state index contributed by atoms with van der Waals surface area (Å²) in [6, 6.07) is 8.80. The van der Waals surface area contributed by atoms with Crippen LogP contribution in [0.25, 0.3) is 16.4 Å².